The summed E-state index contributed by atoms with van der Waals surface area (Å²) >= 11 is 0. The zero-order valence-corrected chi connectivity index (χ0v) is 17.2. The number of ketones is 2. The summed E-state index contributed by atoms with van der Waals surface area (Å²) in [5.74, 6) is -0.552. The Morgan fingerprint density at radius 1 is 1.14 bits per heavy atom. The Labute approximate surface area is 165 Å². The fourth-order valence-electron chi connectivity index (χ4n) is 3.72. The number of allylic oxidation sites excluding steroid dienone is 2. The minimum atomic E-state index is -4.20. The first kappa shape index (κ1) is 20.7. The number of hydrogen-bond acceptors (Lipinski definition) is 6. The minimum Gasteiger partial charge on any atom is -0.383 e. The van der Waals surface area contributed by atoms with Crippen molar-refractivity contribution in [2.24, 2.45) is 5.92 Å². The van der Waals surface area contributed by atoms with Gasteiger partial charge in [0.05, 0.1) is 6.61 Å². The summed E-state index contributed by atoms with van der Waals surface area (Å²) < 4.78 is 33.7. The van der Waals surface area contributed by atoms with Crippen LogP contribution in [-0.2, 0) is 14.8 Å². The van der Waals surface area contributed by atoms with Crippen molar-refractivity contribution in [3.8, 4) is 0 Å². The number of fused-ring (bicyclic) bond motifs is 1. The molecule has 1 unspecified atom stereocenters. The van der Waals surface area contributed by atoms with Gasteiger partial charge in [-0.3, -0.25) is 9.59 Å². The Hall–Kier alpha value is -2.03. The third kappa shape index (κ3) is 3.90. The first-order chi connectivity index (χ1) is 13.3. The van der Waals surface area contributed by atoms with Crippen molar-refractivity contribution in [2.45, 2.75) is 32.7 Å². The predicted molar refractivity (Wildman–Crippen MR) is 105 cm³/mol. The zero-order valence-electron chi connectivity index (χ0n) is 16.4. The fourth-order valence-corrected chi connectivity index (χ4v) is 5.26. The Bertz CT molecular complexity index is 914. The predicted octanol–water partition coefficient (Wildman–Crippen LogP) is 1.96. The molecule has 1 saturated heterocycles. The van der Waals surface area contributed by atoms with Crippen LogP contribution in [0.25, 0.3) is 0 Å². The average Bonchev–Trinajstić information content (AvgIpc) is 2.65. The van der Waals surface area contributed by atoms with Gasteiger partial charge in [-0.15, -0.1) is 0 Å². The molecule has 8 heteroatoms. The summed E-state index contributed by atoms with van der Waals surface area (Å²) in [6.07, 6.45) is 1.68. The number of nitrogens with one attached hydrogen (secondary N) is 1. The van der Waals surface area contributed by atoms with E-state index in [4.69, 9.17) is 4.74 Å². The van der Waals surface area contributed by atoms with Crippen LogP contribution in [0.3, 0.4) is 0 Å². The van der Waals surface area contributed by atoms with Gasteiger partial charge in [0.2, 0.25) is 21.6 Å². The van der Waals surface area contributed by atoms with Crippen LogP contribution in [0.15, 0.2) is 34.9 Å². The summed E-state index contributed by atoms with van der Waals surface area (Å²) in [5, 5.41) is 0. The van der Waals surface area contributed by atoms with Crippen molar-refractivity contribution < 1.29 is 22.7 Å². The minimum absolute atomic E-state index is 0.00674. The first-order valence-electron chi connectivity index (χ1n) is 9.45. The molecular formula is C20H26N2O5S. The number of carbonyl (C=O) groups excluding carboxylic acids is 2. The van der Waals surface area contributed by atoms with Gasteiger partial charge < -0.3 is 9.64 Å². The molecule has 1 heterocycles. The second-order valence-electron chi connectivity index (χ2n) is 7.53. The lowest BCUT2D eigenvalue weighted by molar-refractivity contribution is 0.0932. The van der Waals surface area contributed by atoms with E-state index in [0.29, 0.717) is 19.0 Å². The number of methoxy groups -OCH3 is 1. The summed E-state index contributed by atoms with van der Waals surface area (Å²) in [6.45, 7) is 5.02. The molecule has 1 aliphatic carbocycles. The molecule has 1 aromatic rings. The molecule has 0 aromatic heterocycles. The first-order valence-corrected chi connectivity index (χ1v) is 10.9. The van der Waals surface area contributed by atoms with Crippen molar-refractivity contribution >= 4 is 21.6 Å². The smallest absolute Gasteiger partial charge is 0.247 e. The highest BCUT2D eigenvalue weighted by Gasteiger charge is 2.42. The highest BCUT2D eigenvalue weighted by molar-refractivity contribution is 7.94. The molecule has 3 rings (SSSR count). The van der Waals surface area contributed by atoms with E-state index in [1.165, 1.54) is 13.2 Å². The Kier molecular flexibility index (Phi) is 6.02. The number of ether oxygens (including phenoxy) is 1. The summed E-state index contributed by atoms with van der Waals surface area (Å²) in [6, 6.07) is 5.84. The quantitative estimate of drug-likeness (QED) is 0.776. The molecule has 0 spiro atoms. The topological polar surface area (TPSA) is 92.8 Å². The van der Waals surface area contributed by atoms with E-state index in [9.17, 15) is 18.0 Å². The molecule has 1 aromatic carbocycles. The molecule has 0 amide bonds. The van der Waals surface area contributed by atoms with Gasteiger partial charge in [0.25, 0.3) is 0 Å². The number of hydrogen-bond donors (Lipinski definition) is 1. The molecule has 0 saturated carbocycles. The van der Waals surface area contributed by atoms with Crippen molar-refractivity contribution in [3.63, 3.8) is 0 Å². The molecule has 1 N–H and O–H groups in total. The second-order valence-corrected chi connectivity index (χ2v) is 9.18. The van der Waals surface area contributed by atoms with Crippen LogP contribution in [0.2, 0.25) is 0 Å². The number of benzene rings is 1. The third-order valence-electron chi connectivity index (χ3n) is 5.19. The van der Waals surface area contributed by atoms with Crippen LogP contribution in [-0.4, -0.2) is 57.7 Å². The number of rotatable bonds is 6. The lowest BCUT2D eigenvalue weighted by Crippen LogP contribution is -2.44. The average molecular weight is 407 g/mol. The number of likely N-dealkylation sites (tertiary alicyclic amines) is 1. The standard InChI is InChI=1S/C20H26N2O5S/c1-13-8-10-22(11-9-13)17-18(23)15-6-4-5-7-16(15)19(24)20(17)28(25,26)21-14(2)12-27-3/h4-7,13-14,21H,8-12H2,1-3H3. The van der Waals surface area contributed by atoms with E-state index in [0.717, 1.165) is 12.8 Å². The van der Waals surface area contributed by atoms with Crippen LogP contribution in [0.4, 0.5) is 0 Å². The number of nitrogens with zero attached hydrogens (tertiary/aromatic N) is 1. The summed E-state index contributed by atoms with van der Waals surface area (Å²) in [5.41, 5.74) is 0.374. The lowest BCUT2D eigenvalue weighted by atomic mass is 9.90. The molecule has 1 fully saturated rings. The van der Waals surface area contributed by atoms with Crippen LogP contribution in [0.5, 0.6) is 0 Å². The van der Waals surface area contributed by atoms with E-state index < -0.39 is 32.5 Å². The lowest BCUT2D eigenvalue weighted by Gasteiger charge is -2.36. The summed E-state index contributed by atoms with van der Waals surface area (Å²) in [4.78, 5) is 27.7. The molecule has 1 aliphatic heterocycles. The third-order valence-corrected chi connectivity index (χ3v) is 6.82. The number of piperidine rings is 1. The van der Waals surface area contributed by atoms with E-state index in [-0.39, 0.29) is 23.4 Å². The molecule has 0 radical (unpaired) electrons. The van der Waals surface area contributed by atoms with E-state index in [1.54, 1.807) is 30.0 Å². The van der Waals surface area contributed by atoms with Crippen LogP contribution in [0.1, 0.15) is 47.4 Å². The Morgan fingerprint density at radius 2 is 1.71 bits per heavy atom. The van der Waals surface area contributed by atoms with Gasteiger partial charge in [-0.25, -0.2) is 13.1 Å². The SMILES string of the molecule is COCC(C)NS(=O)(=O)C1=C(N2CCC(C)CC2)C(=O)c2ccccc2C1=O. The highest BCUT2D eigenvalue weighted by atomic mass is 32.2. The normalized spacial score (nSPS) is 19.8. The molecule has 152 valence electrons. The molecular weight excluding hydrogens is 380 g/mol. The second kappa shape index (κ2) is 8.14. The van der Waals surface area contributed by atoms with Crippen molar-refractivity contribution in [1.29, 1.82) is 0 Å². The molecule has 28 heavy (non-hydrogen) atoms. The maximum atomic E-state index is 13.2. The number of Topliss-reactive ketones (excluding diaryl/α,β-unsaturated/α-hetero) is 2. The van der Waals surface area contributed by atoms with Gasteiger partial charge in [0.15, 0.2) is 4.91 Å². The van der Waals surface area contributed by atoms with Gasteiger partial charge in [-0.2, -0.15) is 0 Å². The van der Waals surface area contributed by atoms with Crippen LogP contribution in [0, 0.1) is 5.92 Å². The van der Waals surface area contributed by atoms with E-state index in [1.807, 2.05) is 0 Å². The maximum absolute atomic E-state index is 13.2. The van der Waals surface area contributed by atoms with Crippen molar-refractivity contribution in [2.75, 3.05) is 26.8 Å². The van der Waals surface area contributed by atoms with Gasteiger partial charge in [0.1, 0.15) is 5.70 Å². The van der Waals surface area contributed by atoms with Crippen molar-refractivity contribution in [3.05, 3.63) is 46.0 Å². The molecule has 0 bridgehead atoms. The molecule has 2 aliphatic rings. The van der Waals surface area contributed by atoms with Crippen LogP contribution < -0.4 is 4.72 Å². The van der Waals surface area contributed by atoms with Crippen molar-refractivity contribution in [1.82, 2.24) is 9.62 Å². The van der Waals surface area contributed by atoms with E-state index >= 15 is 0 Å². The maximum Gasteiger partial charge on any atom is 0.247 e. The van der Waals surface area contributed by atoms with Crippen LogP contribution >= 0.6 is 0 Å². The Morgan fingerprint density at radius 3 is 2.29 bits per heavy atom. The molecule has 1 atom stereocenters. The van der Waals surface area contributed by atoms with Gasteiger partial charge in [-0.05, 0) is 25.7 Å². The molecule has 7 nitrogen and oxygen atoms in total. The monoisotopic (exact) mass is 406 g/mol. The Balaban J connectivity index is 2.12. The fraction of sp³-hybridized carbons (Fsp3) is 0.500. The number of sulfonamides is 1. The van der Waals surface area contributed by atoms with Gasteiger partial charge in [0, 0.05) is 37.4 Å². The summed E-state index contributed by atoms with van der Waals surface area (Å²) in [7, 11) is -2.74. The van der Waals surface area contributed by atoms with E-state index in [2.05, 4.69) is 11.6 Å². The van der Waals surface area contributed by atoms with Gasteiger partial charge in [-0.1, -0.05) is 31.2 Å². The largest absolute Gasteiger partial charge is 0.383 e. The van der Waals surface area contributed by atoms with Gasteiger partial charge >= 0.3 is 0 Å². The number of carbonyl (C=O) groups is 2. The zero-order chi connectivity index (χ0) is 20.5. The highest BCUT2D eigenvalue weighted by Crippen LogP contribution is 2.33.